The minimum Gasteiger partial charge on any atom is -0.396 e. The van der Waals surface area contributed by atoms with Gasteiger partial charge in [0, 0.05) is 11.6 Å². The molecule has 3 heteroatoms. The molecule has 0 spiro atoms. The van der Waals surface area contributed by atoms with Crippen molar-refractivity contribution in [3.8, 4) is 6.07 Å². The number of hydrogen-bond donors (Lipinski definition) is 1. The third-order valence-electron chi connectivity index (χ3n) is 1.79. The van der Waals surface area contributed by atoms with Gasteiger partial charge in [-0.05, 0) is 30.5 Å². The molecule has 0 saturated carbocycles. The van der Waals surface area contributed by atoms with E-state index in [1.165, 1.54) is 0 Å². The van der Waals surface area contributed by atoms with Gasteiger partial charge in [-0.2, -0.15) is 5.26 Å². The molecule has 0 fully saturated rings. The number of hydrogen-bond acceptors (Lipinski definition) is 2. The molecule has 0 bridgehead atoms. The molecule has 0 aromatic heterocycles. The number of aliphatic hydroxyl groups excluding tert-OH is 1. The first kappa shape index (κ1) is 10.0. The Morgan fingerprint density at radius 1 is 1.46 bits per heavy atom. The molecule has 0 radical (unpaired) electrons. The highest BCUT2D eigenvalue weighted by Gasteiger charge is 2.00. The Balaban J connectivity index is 2.81. The Hall–Kier alpha value is -1.04. The van der Waals surface area contributed by atoms with Crippen LogP contribution in [0, 0.1) is 11.3 Å². The fourth-order valence-corrected chi connectivity index (χ4v) is 1.36. The van der Waals surface area contributed by atoms with E-state index in [1.54, 1.807) is 12.1 Å². The number of benzene rings is 1. The van der Waals surface area contributed by atoms with Crippen molar-refractivity contribution in [1.29, 1.82) is 5.26 Å². The Morgan fingerprint density at radius 2 is 2.23 bits per heavy atom. The molecule has 0 heterocycles. The fraction of sp³-hybridized carbons (Fsp3) is 0.300. The predicted molar refractivity (Wildman–Crippen MR) is 51.6 cm³/mol. The van der Waals surface area contributed by atoms with Crippen molar-refractivity contribution < 1.29 is 5.11 Å². The van der Waals surface area contributed by atoms with Gasteiger partial charge < -0.3 is 5.11 Å². The molecule has 1 aromatic rings. The van der Waals surface area contributed by atoms with Crippen molar-refractivity contribution in [3.05, 3.63) is 34.3 Å². The highest BCUT2D eigenvalue weighted by atomic mass is 35.5. The minimum absolute atomic E-state index is 0.163. The van der Waals surface area contributed by atoms with Crippen molar-refractivity contribution in [2.24, 2.45) is 0 Å². The third kappa shape index (κ3) is 2.73. The van der Waals surface area contributed by atoms with Gasteiger partial charge in [0.15, 0.2) is 0 Å². The lowest BCUT2D eigenvalue weighted by Crippen LogP contribution is -1.90. The molecule has 1 N–H and O–H groups in total. The number of halogens is 1. The maximum Gasteiger partial charge on any atom is 0.0992 e. The zero-order valence-corrected chi connectivity index (χ0v) is 7.88. The smallest absolute Gasteiger partial charge is 0.0992 e. The molecule has 0 unspecified atom stereocenters. The van der Waals surface area contributed by atoms with Crippen molar-refractivity contribution in [2.45, 2.75) is 12.8 Å². The number of aliphatic hydroxyl groups is 1. The normalized spacial score (nSPS) is 9.62. The predicted octanol–water partition coefficient (Wildman–Crippen LogP) is 2.14. The summed E-state index contributed by atoms with van der Waals surface area (Å²) in [6.07, 6.45) is 1.45. The molecule has 0 saturated heterocycles. The number of nitrogens with zero attached hydrogens (tertiary/aromatic N) is 1. The molecule has 0 atom stereocenters. The number of rotatable bonds is 3. The SMILES string of the molecule is N#Cc1ccc(CCCO)c(Cl)c1. The average molecular weight is 196 g/mol. The van der Waals surface area contributed by atoms with Crippen LogP contribution < -0.4 is 0 Å². The van der Waals surface area contributed by atoms with Gasteiger partial charge in [-0.25, -0.2) is 0 Å². The summed E-state index contributed by atoms with van der Waals surface area (Å²) in [5.41, 5.74) is 1.55. The molecule has 0 amide bonds. The topological polar surface area (TPSA) is 44.0 Å². The van der Waals surface area contributed by atoms with Crippen LogP contribution >= 0.6 is 11.6 Å². The zero-order valence-electron chi connectivity index (χ0n) is 7.13. The fourth-order valence-electron chi connectivity index (χ4n) is 1.09. The van der Waals surface area contributed by atoms with Gasteiger partial charge in [0.2, 0.25) is 0 Å². The van der Waals surface area contributed by atoms with E-state index in [4.69, 9.17) is 22.0 Å². The van der Waals surface area contributed by atoms with Crippen LogP contribution in [0.1, 0.15) is 17.5 Å². The van der Waals surface area contributed by atoms with Gasteiger partial charge >= 0.3 is 0 Å². The summed E-state index contributed by atoms with van der Waals surface area (Å²) in [4.78, 5) is 0. The summed E-state index contributed by atoms with van der Waals surface area (Å²) >= 11 is 5.91. The van der Waals surface area contributed by atoms with Gasteiger partial charge in [0.1, 0.15) is 0 Å². The van der Waals surface area contributed by atoms with E-state index in [9.17, 15) is 0 Å². The summed E-state index contributed by atoms with van der Waals surface area (Å²) in [6.45, 7) is 0.163. The average Bonchev–Trinajstić information content (AvgIpc) is 2.16. The van der Waals surface area contributed by atoms with Gasteiger partial charge in [-0.3, -0.25) is 0 Å². The molecule has 0 aliphatic heterocycles. The van der Waals surface area contributed by atoms with E-state index in [0.717, 1.165) is 12.0 Å². The molecule has 2 nitrogen and oxygen atoms in total. The second-order valence-electron chi connectivity index (χ2n) is 2.75. The van der Waals surface area contributed by atoms with Crippen molar-refractivity contribution >= 4 is 11.6 Å². The van der Waals surface area contributed by atoms with E-state index < -0.39 is 0 Å². The van der Waals surface area contributed by atoms with Crippen LogP contribution in [0.2, 0.25) is 5.02 Å². The maximum atomic E-state index is 8.62. The van der Waals surface area contributed by atoms with Crippen LogP contribution in [0.5, 0.6) is 0 Å². The summed E-state index contributed by atoms with van der Waals surface area (Å²) in [7, 11) is 0. The first-order chi connectivity index (χ1) is 6.27. The minimum atomic E-state index is 0.163. The molecule has 0 aliphatic carbocycles. The first-order valence-corrected chi connectivity index (χ1v) is 4.45. The Kier molecular flexibility index (Phi) is 3.75. The molecule has 1 rings (SSSR count). The van der Waals surface area contributed by atoms with Crippen molar-refractivity contribution in [2.75, 3.05) is 6.61 Å². The standard InChI is InChI=1S/C10H10ClNO/c11-10-6-8(7-12)3-4-9(10)2-1-5-13/h3-4,6,13H,1-2,5H2. The van der Waals surface area contributed by atoms with Gasteiger partial charge in [-0.1, -0.05) is 17.7 Å². The molecule has 0 aliphatic rings. The van der Waals surface area contributed by atoms with Crippen LogP contribution in [0.25, 0.3) is 0 Å². The van der Waals surface area contributed by atoms with Crippen LogP contribution in [0.15, 0.2) is 18.2 Å². The quantitative estimate of drug-likeness (QED) is 0.803. The van der Waals surface area contributed by atoms with E-state index in [1.807, 2.05) is 12.1 Å². The lowest BCUT2D eigenvalue weighted by atomic mass is 10.1. The highest BCUT2D eigenvalue weighted by molar-refractivity contribution is 6.31. The maximum absolute atomic E-state index is 8.62. The zero-order chi connectivity index (χ0) is 9.68. The second kappa shape index (κ2) is 4.86. The van der Waals surface area contributed by atoms with Crippen LogP contribution in [-0.4, -0.2) is 11.7 Å². The van der Waals surface area contributed by atoms with Crippen molar-refractivity contribution in [3.63, 3.8) is 0 Å². The summed E-state index contributed by atoms with van der Waals surface area (Å²) in [5.74, 6) is 0. The van der Waals surface area contributed by atoms with E-state index in [0.29, 0.717) is 17.0 Å². The molecular formula is C10H10ClNO. The first-order valence-electron chi connectivity index (χ1n) is 4.07. The lowest BCUT2D eigenvalue weighted by Gasteiger charge is -2.02. The Labute approximate surface area is 82.4 Å². The van der Waals surface area contributed by atoms with E-state index in [2.05, 4.69) is 0 Å². The monoisotopic (exact) mass is 195 g/mol. The Bertz CT molecular complexity index is 330. The molecule has 68 valence electrons. The Morgan fingerprint density at radius 3 is 2.77 bits per heavy atom. The third-order valence-corrected chi connectivity index (χ3v) is 2.14. The van der Waals surface area contributed by atoms with E-state index in [-0.39, 0.29) is 6.61 Å². The number of nitriles is 1. The summed E-state index contributed by atoms with van der Waals surface area (Å²) in [6, 6.07) is 7.23. The molecule has 1 aromatic carbocycles. The van der Waals surface area contributed by atoms with Gasteiger partial charge in [-0.15, -0.1) is 0 Å². The van der Waals surface area contributed by atoms with Gasteiger partial charge in [0.25, 0.3) is 0 Å². The van der Waals surface area contributed by atoms with Gasteiger partial charge in [0.05, 0.1) is 11.6 Å². The second-order valence-corrected chi connectivity index (χ2v) is 3.15. The lowest BCUT2D eigenvalue weighted by molar-refractivity contribution is 0.288. The largest absolute Gasteiger partial charge is 0.396 e. The van der Waals surface area contributed by atoms with Crippen LogP contribution in [0.3, 0.4) is 0 Å². The molecular weight excluding hydrogens is 186 g/mol. The summed E-state index contributed by atoms with van der Waals surface area (Å²) < 4.78 is 0. The van der Waals surface area contributed by atoms with Crippen LogP contribution in [0.4, 0.5) is 0 Å². The highest BCUT2D eigenvalue weighted by Crippen LogP contribution is 2.18. The van der Waals surface area contributed by atoms with Crippen molar-refractivity contribution in [1.82, 2.24) is 0 Å². The molecule has 13 heavy (non-hydrogen) atoms. The van der Waals surface area contributed by atoms with Crippen LogP contribution in [-0.2, 0) is 6.42 Å². The summed E-state index contributed by atoms with van der Waals surface area (Å²) in [5, 5.41) is 17.8. The number of aryl methyl sites for hydroxylation is 1. The van der Waals surface area contributed by atoms with E-state index >= 15 is 0 Å².